The molecule has 176 valence electrons. The molecule has 0 unspecified atom stereocenters. The van der Waals surface area contributed by atoms with Crippen LogP contribution in [0.15, 0.2) is 24.3 Å². The number of aryl methyl sites for hydroxylation is 2. The monoisotopic (exact) mass is 479 g/mol. The van der Waals surface area contributed by atoms with E-state index >= 15 is 0 Å². The van der Waals surface area contributed by atoms with E-state index < -0.39 is 17.4 Å². The smallest absolute Gasteiger partial charge is 0.250 e. The van der Waals surface area contributed by atoms with Crippen LogP contribution >= 0.6 is 11.6 Å². The van der Waals surface area contributed by atoms with Gasteiger partial charge in [-0.05, 0) is 62.9 Å². The molecular weight excluding hydrogens is 454 g/mol. The summed E-state index contributed by atoms with van der Waals surface area (Å²) < 4.78 is 5.50. The predicted molar refractivity (Wildman–Crippen MR) is 128 cm³/mol. The van der Waals surface area contributed by atoms with Crippen LogP contribution in [0.5, 0.6) is 5.75 Å². The van der Waals surface area contributed by atoms with Crippen LogP contribution < -0.4 is 15.0 Å². The van der Waals surface area contributed by atoms with Crippen molar-refractivity contribution in [2.24, 2.45) is 11.8 Å². The molecule has 2 aromatic rings. The van der Waals surface area contributed by atoms with Crippen LogP contribution in [0.4, 0.5) is 11.4 Å². The average molecular weight is 480 g/mol. The van der Waals surface area contributed by atoms with E-state index in [2.05, 4.69) is 10.2 Å². The Morgan fingerprint density at radius 2 is 1.85 bits per heavy atom. The van der Waals surface area contributed by atoms with Crippen LogP contribution in [0.25, 0.3) is 0 Å². The minimum absolute atomic E-state index is 0.163. The van der Waals surface area contributed by atoms with Crippen molar-refractivity contribution in [2.75, 3.05) is 23.9 Å². The van der Waals surface area contributed by atoms with Gasteiger partial charge in [-0.3, -0.25) is 19.3 Å². The van der Waals surface area contributed by atoms with Crippen LogP contribution in [-0.2, 0) is 19.9 Å². The predicted octanol–water partition coefficient (Wildman–Crippen LogP) is 3.71. The largest absolute Gasteiger partial charge is 0.495 e. The fraction of sp³-hybridized carbons (Fsp3) is 0.423. The molecule has 4 atom stereocenters. The molecule has 34 heavy (non-hydrogen) atoms. The lowest BCUT2D eigenvalue weighted by atomic mass is 9.75. The van der Waals surface area contributed by atoms with Gasteiger partial charge in [0.25, 0.3) is 0 Å². The number of anilines is 2. The van der Waals surface area contributed by atoms with Crippen LogP contribution in [-0.4, -0.2) is 42.3 Å². The number of halogens is 1. The minimum Gasteiger partial charge on any atom is -0.495 e. The van der Waals surface area contributed by atoms with Gasteiger partial charge >= 0.3 is 0 Å². The lowest BCUT2D eigenvalue weighted by Crippen LogP contribution is -2.54. The number of carbonyl (C=O) groups excluding carboxylic acids is 3. The Labute approximate surface area is 203 Å². The summed E-state index contributed by atoms with van der Waals surface area (Å²) in [5.41, 5.74) is 3.58. The highest BCUT2D eigenvalue weighted by Gasteiger charge is 2.74. The van der Waals surface area contributed by atoms with E-state index in [0.717, 1.165) is 40.8 Å². The number of ether oxygens (including phenoxy) is 1. The molecule has 3 amide bonds. The Balaban J connectivity index is 1.57. The van der Waals surface area contributed by atoms with Crippen molar-refractivity contribution in [1.82, 2.24) is 4.90 Å². The first kappa shape index (κ1) is 21.6. The second-order valence-electron chi connectivity index (χ2n) is 9.84. The maximum Gasteiger partial charge on any atom is 0.250 e. The number of amides is 3. The van der Waals surface area contributed by atoms with Crippen LogP contribution in [0, 0.1) is 32.6 Å². The zero-order chi connectivity index (χ0) is 24.1. The zero-order valence-corrected chi connectivity index (χ0v) is 20.3. The fourth-order valence-corrected chi connectivity index (χ4v) is 6.90. The quantitative estimate of drug-likeness (QED) is 0.664. The summed E-state index contributed by atoms with van der Waals surface area (Å²) in [5.74, 6) is -1.86. The van der Waals surface area contributed by atoms with Gasteiger partial charge < -0.3 is 10.1 Å². The van der Waals surface area contributed by atoms with Gasteiger partial charge in [-0.25, -0.2) is 4.90 Å². The summed E-state index contributed by atoms with van der Waals surface area (Å²) in [7, 11) is 1.49. The topological polar surface area (TPSA) is 78.9 Å². The number of hydrogen-bond acceptors (Lipinski definition) is 5. The number of benzene rings is 2. The molecule has 1 spiro atoms. The van der Waals surface area contributed by atoms with E-state index in [9.17, 15) is 14.4 Å². The molecule has 4 heterocycles. The van der Waals surface area contributed by atoms with Gasteiger partial charge in [0.1, 0.15) is 11.3 Å². The number of hydrogen-bond donors (Lipinski definition) is 1. The standard InChI is InChI=1S/C26H26ClN3O4/c1-12-7-8-15-22(14(12)3)28-25(33)26(15)21-20(17-6-5-9-29(17)26)23(31)30(24(21)32)18-10-13(2)16(27)11-19(18)34-4/h7-8,10-11,17,20-21H,5-6,9H2,1-4H3,(H,28,33)/t17-,20+,21-,26-/m0/s1. The third-order valence-electron chi connectivity index (χ3n) is 8.40. The van der Waals surface area contributed by atoms with Crippen LogP contribution in [0.1, 0.15) is 35.1 Å². The van der Waals surface area contributed by atoms with E-state index in [1.165, 1.54) is 12.0 Å². The molecule has 3 saturated heterocycles. The third-order valence-corrected chi connectivity index (χ3v) is 8.81. The van der Waals surface area contributed by atoms with Gasteiger partial charge in [0.15, 0.2) is 0 Å². The molecule has 8 heteroatoms. The summed E-state index contributed by atoms with van der Waals surface area (Å²) in [6, 6.07) is 7.14. The van der Waals surface area contributed by atoms with E-state index in [0.29, 0.717) is 23.0 Å². The molecule has 2 aromatic carbocycles. The third kappa shape index (κ3) is 2.39. The van der Waals surface area contributed by atoms with Crippen molar-refractivity contribution >= 4 is 40.7 Å². The average Bonchev–Trinajstić information content (AvgIpc) is 3.51. The second kappa shape index (κ2) is 7.06. The molecule has 0 saturated carbocycles. The highest BCUT2D eigenvalue weighted by Crippen LogP contribution is 2.61. The molecule has 7 nitrogen and oxygen atoms in total. The van der Waals surface area contributed by atoms with Crippen LogP contribution in [0.2, 0.25) is 5.02 Å². The molecule has 0 radical (unpaired) electrons. The summed E-state index contributed by atoms with van der Waals surface area (Å²) in [6.07, 6.45) is 1.66. The number of nitrogens with zero attached hydrogens (tertiary/aromatic N) is 2. The van der Waals surface area contributed by atoms with Crippen molar-refractivity contribution in [1.29, 1.82) is 0 Å². The number of nitrogens with one attached hydrogen (secondary N) is 1. The first-order chi connectivity index (χ1) is 16.2. The van der Waals surface area contributed by atoms with Gasteiger partial charge in [0.2, 0.25) is 17.7 Å². The summed E-state index contributed by atoms with van der Waals surface area (Å²) in [5, 5.41) is 3.58. The lowest BCUT2D eigenvalue weighted by molar-refractivity contribution is -0.135. The highest BCUT2D eigenvalue weighted by molar-refractivity contribution is 6.32. The maximum absolute atomic E-state index is 14.2. The van der Waals surface area contributed by atoms with Gasteiger partial charge in [-0.15, -0.1) is 0 Å². The van der Waals surface area contributed by atoms with Crippen LogP contribution in [0.3, 0.4) is 0 Å². The van der Waals surface area contributed by atoms with E-state index in [1.807, 2.05) is 32.9 Å². The van der Waals surface area contributed by atoms with Gasteiger partial charge in [-0.1, -0.05) is 23.7 Å². The molecular formula is C26H26ClN3O4. The summed E-state index contributed by atoms with van der Waals surface area (Å²) in [6.45, 7) is 6.49. The van der Waals surface area contributed by atoms with Crippen molar-refractivity contribution in [3.8, 4) is 5.75 Å². The molecule has 3 fully saturated rings. The number of carbonyl (C=O) groups is 3. The number of fused-ring (bicyclic) bond motifs is 7. The van der Waals surface area contributed by atoms with Gasteiger partial charge in [0.05, 0.1) is 24.6 Å². The second-order valence-corrected chi connectivity index (χ2v) is 10.2. The van der Waals surface area contributed by atoms with Crippen molar-refractivity contribution in [3.05, 3.63) is 51.5 Å². The molecule has 4 aliphatic heterocycles. The number of methoxy groups -OCH3 is 1. The van der Waals surface area contributed by atoms with Crippen molar-refractivity contribution in [3.63, 3.8) is 0 Å². The zero-order valence-electron chi connectivity index (χ0n) is 19.6. The van der Waals surface area contributed by atoms with Gasteiger partial charge in [0, 0.05) is 28.4 Å². The Kier molecular flexibility index (Phi) is 4.49. The molecule has 0 aliphatic carbocycles. The fourth-order valence-electron chi connectivity index (χ4n) is 6.74. The lowest BCUT2D eigenvalue weighted by Gasteiger charge is -2.36. The number of rotatable bonds is 2. The molecule has 1 N–H and O–H groups in total. The van der Waals surface area contributed by atoms with E-state index in [1.54, 1.807) is 12.1 Å². The minimum atomic E-state index is -1.18. The number of imide groups is 1. The summed E-state index contributed by atoms with van der Waals surface area (Å²) in [4.78, 5) is 45.3. The first-order valence-corrected chi connectivity index (χ1v) is 12.0. The Bertz CT molecular complexity index is 1310. The molecule has 0 aromatic heterocycles. The normalized spacial score (nSPS) is 29.6. The Morgan fingerprint density at radius 3 is 2.59 bits per heavy atom. The van der Waals surface area contributed by atoms with Gasteiger partial charge in [-0.2, -0.15) is 0 Å². The van der Waals surface area contributed by atoms with Crippen molar-refractivity contribution in [2.45, 2.75) is 45.2 Å². The molecule has 6 rings (SSSR count). The Morgan fingerprint density at radius 1 is 1.09 bits per heavy atom. The van der Waals surface area contributed by atoms with E-state index in [-0.39, 0.29) is 23.8 Å². The SMILES string of the molecule is COc1cc(Cl)c(C)cc1N1C(=O)[C@H]2[C@@H](C1=O)[C@@]1(C(=O)Nc3c1ccc(C)c3C)N1CCC[C@@H]21. The maximum atomic E-state index is 14.2. The van der Waals surface area contributed by atoms with E-state index in [4.69, 9.17) is 16.3 Å². The Hall–Kier alpha value is -2.90. The van der Waals surface area contributed by atoms with Crippen molar-refractivity contribution < 1.29 is 19.1 Å². The molecule has 0 bridgehead atoms. The molecule has 4 aliphatic rings. The summed E-state index contributed by atoms with van der Waals surface area (Å²) >= 11 is 6.29. The highest BCUT2D eigenvalue weighted by atomic mass is 35.5. The first-order valence-electron chi connectivity index (χ1n) is 11.6.